The molecule has 1 saturated heterocycles. The number of anilines is 1. The van der Waals surface area contributed by atoms with Gasteiger partial charge in [0.15, 0.2) is 0 Å². The number of nitrogens with one attached hydrogen (secondary N) is 1. The lowest BCUT2D eigenvalue weighted by Gasteiger charge is -2.13. The third kappa shape index (κ3) is 4.03. The lowest BCUT2D eigenvalue weighted by atomic mass is 10.2. The molecule has 0 radical (unpaired) electrons. The van der Waals surface area contributed by atoms with Gasteiger partial charge in [-0.05, 0) is 29.8 Å². The number of thioether (sulfide) groups is 1. The minimum absolute atomic E-state index is 0.000662. The largest absolute Gasteiger partial charge is 0.338 e. The van der Waals surface area contributed by atoms with E-state index in [1.54, 1.807) is 47.2 Å². The predicted octanol–water partition coefficient (Wildman–Crippen LogP) is 3.38. The second-order valence-corrected chi connectivity index (χ2v) is 7.65. The average Bonchev–Trinajstić information content (AvgIpc) is 3.26. The van der Waals surface area contributed by atoms with Crippen molar-refractivity contribution in [2.45, 2.75) is 13.1 Å². The SMILES string of the molecule is O=C(Cn1ccc2cc([N+](=O)[O-])ccc21)Nc1ccc(CN2C(=O)CSC2=O)cc1. The molecule has 1 aromatic heterocycles. The Morgan fingerprint density at radius 2 is 1.90 bits per heavy atom. The molecule has 0 unspecified atom stereocenters. The molecule has 1 N–H and O–H groups in total. The van der Waals surface area contributed by atoms with Crippen LogP contribution in [0.3, 0.4) is 0 Å². The number of nitrogens with zero attached hydrogens (tertiary/aromatic N) is 3. The lowest BCUT2D eigenvalue weighted by Crippen LogP contribution is -2.27. The zero-order valence-corrected chi connectivity index (χ0v) is 16.4. The van der Waals surface area contributed by atoms with E-state index in [0.717, 1.165) is 22.8 Å². The lowest BCUT2D eigenvalue weighted by molar-refractivity contribution is -0.384. The molecule has 2 aromatic carbocycles. The number of non-ortho nitro benzene ring substituents is 1. The smallest absolute Gasteiger partial charge is 0.289 e. The van der Waals surface area contributed by atoms with Crippen molar-refractivity contribution in [2.75, 3.05) is 11.1 Å². The van der Waals surface area contributed by atoms with E-state index in [1.807, 2.05) is 0 Å². The van der Waals surface area contributed by atoms with Gasteiger partial charge in [-0.25, -0.2) is 0 Å². The summed E-state index contributed by atoms with van der Waals surface area (Å²) < 4.78 is 1.71. The van der Waals surface area contributed by atoms with Crippen LogP contribution in [0.5, 0.6) is 0 Å². The summed E-state index contributed by atoms with van der Waals surface area (Å²) in [7, 11) is 0. The topological polar surface area (TPSA) is 115 Å². The van der Waals surface area contributed by atoms with Crippen molar-refractivity contribution in [3.8, 4) is 0 Å². The molecule has 0 saturated carbocycles. The molecular formula is C20H16N4O5S. The highest BCUT2D eigenvalue weighted by molar-refractivity contribution is 8.14. The van der Waals surface area contributed by atoms with E-state index in [0.29, 0.717) is 11.1 Å². The number of hydrogen-bond acceptors (Lipinski definition) is 6. The number of carbonyl (C=O) groups is 3. The Morgan fingerprint density at radius 1 is 1.13 bits per heavy atom. The first-order chi connectivity index (χ1) is 14.4. The molecule has 1 aliphatic heterocycles. The maximum atomic E-state index is 12.4. The number of carbonyl (C=O) groups excluding carboxylic acids is 3. The van der Waals surface area contributed by atoms with Gasteiger partial charge in [-0.15, -0.1) is 0 Å². The van der Waals surface area contributed by atoms with Crippen LogP contribution in [0, 0.1) is 10.1 Å². The number of fused-ring (bicyclic) bond motifs is 1. The number of nitro benzene ring substituents is 1. The molecule has 3 aromatic rings. The quantitative estimate of drug-likeness (QED) is 0.479. The number of rotatable bonds is 6. The van der Waals surface area contributed by atoms with Gasteiger partial charge in [-0.3, -0.25) is 29.4 Å². The molecule has 0 atom stereocenters. The van der Waals surface area contributed by atoms with Gasteiger partial charge < -0.3 is 9.88 Å². The molecule has 1 aliphatic rings. The normalized spacial score (nSPS) is 13.8. The number of aromatic nitrogens is 1. The fraction of sp³-hybridized carbons (Fsp3) is 0.150. The zero-order chi connectivity index (χ0) is 21.3. The monoisotopic (exact) mass is 424 g/mol. The van der Waals surface area contributed by atoms with Gasteiger partial charge in [0.1, 0.15) is 6.54 Å². The Hall–Kier alpha value is -3.66. The number of amides is 3. The van der Waals surface area contributed by atoms with Crippen molar-refractivity contribution in [1.82, 2.24) is 9.47 Å². The molecule has 30 heavy (non-hydrogen) atoms. The van der Waals surface area contributed by atoms with Crippen LogP contribution in [0.15, 0.2) is 54.7 Å². The Kier molecular flexibility index (Phi) is 5.23. The second-order valence-electron chi connectivity index (χ2n) is 6.72. The summed E-state index contributed by atoms with van der Waals surface area (Å²) in [4.78, 5) is 47.4. The summed E-state index contributed by atoms with van der Waals surface area (Å²) in [6.07, 6.45) is 1.71. The first-order valence-electron chi connectivity index (χ1n) is 9.00. The maximum absolute atomic E-state index is 12.4. The average molecular weight is 424 g/mol. The van der Waals surface area contributed by atoms with Crippen molar-refractivity contribution in [3.05, 3.63) is 70.4 Å². The third-order valence-corrected chi connectivity index (χ3v) is 5.56. The molecule has 2 heterocycles. The molecule has 3 amide bonds. The highest BCUT2D eigenvalue weighted by Crippen LogP contribution is 2.23. The van der Waals surface area contributed by atoms with E-state index in [-0.39, 0.29) is 41.6 Å². The molecule has 10 heteroatoms. The van der Waals surface area contributed by atoms with Gasteiger partial charge in [0.2, 0.25) is 11.8 Å². The van der Waals surface area contributed by atoms with Gasteiger partial charge in [0.25, 0.3) is 10.9 Å². The molecule has 0 spiro atoms. The maximum Gasteiger partial charge on any atom is 0.289 e. The summed E-state index contributed by atoms with van der Waals surface area (Å²) in [6, 6.07) is 13.1. The van der Waals surface area contributed by atoms with Gasteiger partial charge in [-0.2, -0.15) is 0 Å². The van der Waals surface area contributed by atoms with Crippen LogP contribution in [0.2, 0.25) is 0 Å². The summed E-state index contributed by atoms with van der Waals surface area (Å²) in [6.45, 7) is 0.261. The van der Waals surface area contributed by atoms with Gasteiger partial charge >= 0.3 is 0 Å². The minimum atomic E-state index is -0.457. The summed E-state index contributed by atoms with van der Waals surface area (Å²) in [5.41, 5.74) is 2.10. The molecule has 0 bridgehead atoms. The molecular weight excluding hydrogens is 408 g/mol. The van der Waals surface area contributed by atoms with Crippen molar-refractivity contribution >= 4 is 51.1 Å². The van der Waals surface area contributed by atoms with Crippen molar-refractivity contribution in [1.29, 1.82) is 0 Å². The molecule has 152 valence electrons. The van der Waals surface area contributed by atoms with Crippen LogP contribution in [0.25, 0.3) is 10.9 Å². The predicted molar refractivity (Wildman–Crippen MR) is 112 cm³/mol. The van der Waals surface area contributed by atoms with E-state index < -0.39 is 4.92 Å². The minimum Gasteiger partial charge on any atom is -0.338 e. The van der Waals surface area contributed by atoms with Crippen molar-refractivity contribution in [3.63, 3.8) is 0 Å². The molecule has 0 aliphatic carbocycles. The van der Waals surface area contributed by atoms with E-state index in [4.69, 9.17) is 0 Å². The molecule has 9 nitrogen and oxygen atoms in total. The number of hydrogen-bond donors (Lipinski definition) is 1. The number of nitro groups is 1. The van der Waals surface area contributed by atoms with Gasteiger partial charge in [0.05, 0.1) is 17.2 Å². The fourth-order valence-corrected chi connectivity index (χ4v) is 3.93. The number of benzene rings is 2. The third-order valence-electron chi connectivity index (χ3n) is 4.70. The summed E-state index contributed by atoms with van der Waals surface area (Å²) >= 11 is 0.994. The first-order valence-corrected chi connectivity index (χ1v) is 9.98. The molecule has 4 rings (SSSR count). The highest BCUT2D eigenvalue weighted by atomic mass is 32.2. The van der Waals surface area contributed by atoms with Crippen molar-refractivity contribution in [2.24, 2.45) is 0 Å². The van der Waals surface area contributed by atoms with Crippen molar-refractivity contribution < 1.29 is 19.3 Å². The highest BCUT2D eigenvalue weighted by Gasteiger charge is 2.29. The number of imide groups is 1. The van der Waals surface area contributed by atoms with Gasteiger partial charge in [-0.1, -0.05) is 23.9 Å². The van der Waals surface area contributed by atoms with Crippen LogP contribution in [-0.4, -0.2) is 37.2 Å². The van der Waals surface area contributed by atoms with E-state index >= 15 is 0 Å². The second kappa shape index (κ2) is 7.99. The summed E-state index contributed by atoms with van der Waals surface area (Å²) in [5.74, 6) is -0.277. The Balaban J connectivity index is 1.39. The van der Waals surface area contributed by atoms with Crippen LogP contribution in [-0.2, 0) is 22.7 Å². The fourth-order valence-electron chi connectivity index (χ4n) is 3.20. The standard InChI is InChI=1S/C20H16N4O5S/c25-18(11-22-8-7-14-9-16(24(28)29)5-6-17(14)22)21-15-3-1-13(2-4-15)10-23-19(26)12-30-20(23)27/h1-9H,10-12H2,(H,21,25). The Labute approximate surface area is 174 Å². The van der Waals surface area contributed by atoms with Crippen LogP contribution < -0.4 is 5.32 Å². The zero-order valence-electron chi connectivity index (χ0n) is 15.6. The molecule has 1 fully saturated rings. The van der Waals surface area contributed by atoms with E-state index in [2.05, 4.69) is 5.32 Å². The Morgan fingerprint density at radius 3 is 2.57 bits per heavy atom. The summed E-state index contributed by atoms with van der Waals surface area (Å²) in [5, 5.41) is 14.1. The van der Waals surface area contributed by atoms with Crippen LogP contribution >= 0.6 is 11.8 Å². The van der Waals surface area contributed by atoms with Crippen LogP contribution in [0.1, 0.15) is 5.56 Å². The first kappa shape index (κ1) is 19.6. The van der Waals surface area contributed by atoms with Gasteiger partial charge in [0, 0.05) is 34.9 Å². The van der Waals surface area contributed by atoms with E-state index in [1.165, 1.54) is 17.0 Å². The van der Waals surface area contributed by atoms with E-state index in [9.17, 15) is 24.5 Å². The van der Waals surface area contributed by atoms with Crippen LogP contribution in [0.4, 0.5) is 16.2 Å². The Bertz CT molecular complexity index is 1160.